The highest BCUT2D eigenvalue weighted by Crippen LogP contribution is 2.24. The molecule has 0 aliphatic carbocycles. The van der Waals surface area contributed by atoms with Gasteiger partial charge in [0.1, 0.15) is 12.3 Å². The zero-order valence-electron chi connectivity index (χ0n) is 17.7. The number of carbonyl (C=O) groups is 1. The van der Waals surface area contributed by atoms with E-state index in [4.69, 9.17) is 4.74 Å². The van der Waals surface area contributed by atoms with Gasteiger partial charge >= 0.3 is 0 Å². The Labute approximate surface area is 173 Å². The number of nitrogens with zero attached hydrogens (tertiary/aromatic N) is 1. The molecule has 0 bridgehead atoms. The van der Waals surface area contributed by atoms with Crippen LogP contribution in [0.2, 0.25) is 0 Å². The molecule has 0 aromatic heterocycles. The lowest BCUT2D eigenvalue weighted by Gasteiger charge is -2.24. The number of nitrogens with one attached hydrogen (secondary N) is 1. The molecule has 1 amide bonds. The number of sulfonamides is 1. The summed E-state index contributed by atoms with van der Waals surface area (Å²) in [5, 5.41) is 2.88. The molecule has 0 aliphatic rings. The van der Waals surface area contributed by atoms with E-state index >= 15 is 0 Å². The van der Waals surface area contributed by atoms with Crippen molar-refractivity contribution in [3.05, 3.63) is 59.7 Å². The molecule has 29 heavy (non-hydrogen) atoms. The molecule has 6 nitrogen and oxygen atoms in total. The molecule has 1 N–H and O–H groups in total. The van der Waals surface area contributed by atoms with Gasteiger partial charge < -0.3 is 10.1 Å². The van der Waals surface area contributed by atoms with Crippen LogP contribution in [0.1, 0.15) is 44.9 Å². The Kier molecular flexibility index (Phi) is 7.67. The Bertz CT molecular complexity index is 924. The zero-order chi connectivity index (χ0) is 21.6. The zero-order valence-corrected chi connectivity index (χ0v) is 18.5. The van der Waals surface area contributed by atoms with Crippen molar-refractivity contribution >= 4 is 21.6 Å². The van der Waals surface area contributed by atoms with Gasteiger partial charge in [0.2, 0.25) is 15.9 Å². The minimum atomic E-state index is -3.65. The molecule has 7 heteroatoms. The first-order valence-electron chi connectivity index (χ1n) is 9.72. The summed E-state index contributed by atoms with van der Waals surface area (Å²) in [5.74, 6) is 0.175. The molecule has 0 saturated carbocycles. The molecule has 0 fully saturated rings. The summed E-state index contributed by atoms with van der Waals surface area (Å²) in [7, 11) is -3.65. The van der Waals surface area contributed by atoms with Gasteiger partial charge in [-0.15, -0.1) is 0 Å². The summed E-state index contributed by atoms with van der Waals surface area (Å²) in [6, 6.07) is 14.5. The summed E-state index contributed by atoms with van der Waals surface area (Å²) in [4.78, 5) is 12.6. The first kappa shape index (κ1) is 22.7. The minimum absolute atomic E-state index is 0.0415. The highest BCUT2D eigenvalue weighted by atomic mass is 32.2. The molecule has 158 valence electrons. The normalized spacial score (nSPS) is 12.5. The molecule has 0 radical (unpaired) electrons. The number of hydrogen-bond donors (Lipinski definition) is 1. The van der Waals surface area contributed by atoms with Crippen LogP contribution in [0, 0.1) is 0 Å². The van der Waals surface area contributed by atoms with E-state index in [0.29, 0.717) is 11.4 Å². The maximum absolute atomic E-state index is 12.6. The van der Waals surface area contributed by atoms with E-state index in [1.54, 1.807) is 24.3 Å². The molecule has 0 saturated heterocycles. The van der Waals surface area contributed by atoms with Crippen LogP contribution < -0.4 is 14.4 Å². The van der Waals surface area contributed by atoms with Crippen LogP contribution in [0.15, 0.2) is 48.5 Å². The van der Waals surface area contributed by atoms with Gasteiger partial charge in [-0.25, -0.2) is 8.42 Å². The lowest BCUT2D eigenvalue weighted by Crippen LogP contribution is -2.41. The van der Waals surface area contributed by atoms with Crippen molar-refractivity contribution in [1.29, 1.82) is 0 Å². The van der Waals surface area contributed by atoms with E-state index in [0.717, 1.165) is 22.5 Å². The Morgan fingerprint density at radius 3 is 2.31 bits per heavy atom. The summed E-state index contributed by atoms with van der Waals surface area (Å²) in [6.07, 6.45) is 1.99. The van der Waals surface area contributed by atoms with Crippen LogP contribution in [-0.2, 0) is 21.2 Å². The second kappa shape index (κ2) is 9.78. The predicted molar refractivity (Wildman–Crippen MR) is 117 cm³/mol. The van der Waals surface area contributed by atoms with E-state index < -0.39 is 10.0 Å². The molecular weight excluding hydrogens is 388 g/mol. The molecule has 2 rings (SSSR count). The number of hydrogen-bond acceptors (Lipinski definition) is 4. The minimum Gasteiger partial charge on any atom is -0.491 e. The van der Waals surface area contributed by atoms with Crippen molar-refractivity contribution in [3.8, 4) is 5.75 Å². The van der Waals surface area contributed by atoms with Crippen LogP contribution in [0.3, 0.4) is 0 Å². The largest absolute Gasteiger partial charge is 0.491 e. The highest BCUT2D eigenvalue weighted by Gasteiger charge is 2.22. The van der Waals surface area contributed by atoms with E-state index in [1.807, 2.05) is 45.0 Å². The van der Waals surface area contributed by atoms with Gasteiger partial charge in [0.25, 0.3) is 0 Å². The quantitative estimate of drug-likeness (QED) is 0.674. The van der Waals surface area contributed by atoms with Crippen LogP contribution >= 0.6 is 0 Å². The molecule has 0 aliphatic heterocycles. The Morgan fingerprint density at radius 1 is 1.10 bits per heavy atom. The fourth-order valence-electron chi connectivity index (χ4n) is 2.93. The number of ether oxygens (including phenoxy) is 1. The van der Waals surface area contributed by atoms with Crippen molar-refractivity contribution in [2.75, 3.05) is 17.1 Å². The number of rotatable bonds is 9. The molecule has 0 spiro atoms. The van der Waals surface area contributed by atoms with Crippen molar-refractivity contribution in [2.24, 2.45) is 0 Å². The van der Waals surface area contributed by atoms with E-state index in [2.05, 4.69) is 12.2 Å². The monoisotopic (exact) mass is 418 g/mol. The Balaban J connectivity index is 2.14. The maximum atomic E-state index is 12.6. The first-order valence-corrected chi connectivity index (χ1v) is 11.6. The fraction of sp³-hybridized carbons (Fsp3) is 0.409. The van der Waals surface area contributed by atoms with Crippen LogP contribution in [0.4, 0.5) is 5.69 Å². The molecule has 1 atom stereocenters. The molecule has 2 aromatic carbocycles. The average Bonchev–Trinajstić information content (AvgIpc) is 2.65. The summed E-state index contributed by atoms with van der Waals surface area (Å²) < 4.78 is 31.4. The van der Waals surface area contributed by atoms with Crippen LogP contribution in [-0.4, -0.2) is 33.2 Å². The average molecular weight is 419 g/mol. The van der Waals surface area contributed by atoms with Gasteiger partial charge in [0.15, 0.2) is 0 Å². The third-order valence-electron chi connectivity index (χ3n) is 4.43. The van der Waals surface area contributed by atoms with Gasteiger partial charge in [-0.2, -0.15) is 0 Å². The second-order valence-corrected chi connectivity index (χ2v) is 9.22. The number of benzene rings is 2. The third kappa shape index (κ3) is 6.78. The van der Waals surface area contributed by atoms with Gasteiger partial charge in [-0.1, -0.05) is 37.3 Å². The number of anilines is 1. The summed E-state index contributed by atoms with van der Waals surface area (Å²) in [6.45, 7) is 7.44. The lowest BCUT2D eigenvalue weighted by molar-refractivity contribution is -0.120. The standard InChI is InChI=1S/C22H30N2O4S/c1-6-18-10-12-19(13-11-18)17(4)23-22(25)15-24(29(5,26)27)20-8-7-9-21(14-20)28-16(2)3/h7-14,16-17H,6,15H2,1-5H3,(H,23,25). The molecule has 2 aromatic rings. The van der Waals surface area contributed by atoms with Crippen LogP contribution in [0.5, 0.6) is 5.75 Å². The second-order valence-electron chi connectivity index (χ2n) is 7.32. The number of aryl methyl sites for hydroxylation is 1. The van der Waals surface area contributed by atoms with Crippen molar-refractivity contribution in [3.63, 3.8) is 0 Å². The Morgan fingerprint density at radius 2 is 1.76 bits per heavy atom. The van der Waals surface area contributed by atoms with E-state index in [9.17, 15) is 13.2 Å². The van der Waals surface area contributed by atoms with Gasteiger partial charge in [-0.05, 0) is 50.5 Å². The van der Waals surface area contributed by atoms with Crippen molar-refractivity contribution < 1.29 is 17.9 Å². The summed E-state index contributed by atoms with van der Waals surface area (Å²) >= 11 is 0. The lowest BCUT2D eigenvalue weighted by atomic mass is 10.1. The van der Waals surface area contributed by atoms with Gasteiger partial charge in [-0.3, -0.25) is 9.10 Å². The fourth-order valence-corrected chi connectivity index (χ4v) is 3.78. The highest BCUT2D eigenvalue weighted by molar-refractivity contribution is 7.92. The van der Waals surface area contributed by atoms with E-state index in [1.165, 1.54) is 5.56 Å². The SMILES string of the molecule is CCc1ccc(C(C)NC(=O)CN(c2cccc(OC(C)C)c2)S(C)(=O)=O)cc1. The molecular formula is C22H30N2O4S. The Hall–Kier alpha value is -2.54. The molecule has 0 heterocycles. The summed E-state index contributed by atoms with van der Waals surface area (Å²) in [5.41, 5.74) is 2.58. The van der Waals surface area contributed by atoms with Crippen LogP contribution in [0.25, 0.3) is 0 Å². The maximum Gasteiger partial charge on any atom is 0.241 e. The topological polar surface area (TPSA) is 75.7 Å². The third-order valence-corrected chi connectivity index (χ3v) is 5.57. The predicted octanol–water partition coefficient (Wildman–Crippen LogP) is 3.68. The van der Waals surface area contributed by atoms with Crippen molar-refractivity contribution in [1.82, 2.24) is 5.32 Å². The van der Waals surface area contributed by atoms with E-state index in [-0.39, 0.29) is 24.6 Å². The van der Waals surface area contributed by atoms with Gasteiger partial charge in [0.05, 0.1) is 24.1 Å². The number of amides is 1. The first-order chi connectivity index (χ1) is 13.6. The smallest absolute Gasteiger partial charge is 0.241 e. The number of carbonyl (C=O) groups excluding carboxylic acids is 1. The van der Waals surface area contributed by atoms with Crippen molar-refractivity contribution in [2.45, 2.75) is 46.3 Å². The molecule has 1 unspecified atom stereocenters. The van der Waals surface area contributed by atoms with Gasteiger partial charge in [0, 0.05) is 6.07 Å².